The zero-order chi connectivity index (χ0) is 15.1. The number of hydrogen-bond acceptors (Lipinski definition) is 3. The first kappa shape index (κ1) is 13.3. The van der Waals surface area contributed by atoms with E-state index in [1.165, 1.54) is 27.6 Å². The Morgan fingerprint density at radius 1 is 1.18 bits per heavy atom. The predicted octanol–water partition coefficient (Wildman–Crippen LogP) is 4.15. The Kier molecular flexibility index (Phi) is 3.12. The highest BCUT2D eigenvalue weighted by molar-refractivity contribution is 8.16. The number of nitrogens with zero attached hydrogens (tertiary/aromatic N) is 1. The van der Waals surface area contributed by atoms with Crippen LogP contribution in [0.15, 0.2) is 64.1 Å². The fourth-order valence-electron chi connectivity index (χ4n) is 2.89. The Bertz CT molecular complexity index is 897. The zero-order valence-electron chi connectivity index (χ0n) is 12.2. The average Bonchev–Trinajstić information content (AvgIpc) is 3.16. The van der Waals surface area contributed by atoms with E-state index in [9.17, 15) is 4.79 Å². The van der Waals surface area contributed by atoms with Gasteiger partial charge in [-0.15, -0.1) is 10.5 Å². The van der Waals surface area contributed by atoms with Crippen LogP contribution in [-0.2, 0) is 0 Å². The molecule has 4 heteroatoms. The zero-order valence-corrected chi connectivity index (χ0v) is 13.0. The minimum atomic E-state index is -0.212. The van der Waals surface area contributed by atoms with Gasteiger partial charge in [0, 0.05) is 22.7 Å². The van der Waals surface area contributed by atoms with E-state index in [2.05, 4.69) is 48.3 Å². The number of rotatable bonds is 2. The fourth-order valence-corrected chi connectivity index (χ4v) is 4.91. The van der Waals surface area contributed by atoms with Crippen molar-refractivity contribution in [1.82, 2.24) is 0 Å². The molecule has 3 nitrogen and oxygen atoms in total. The van der Waals surface area contributed by atoms with E-state index in [4.69, 9.17) is 4.42 Å². The number of benzene rings is 2. The lowest BCUT2D eigenvalue weighted by atomic mass is 10.1. The summed E-state index contributed by atoms with van der Waals surface area (Å²) in [7, 11) is 1.88. The first-order valence-corrected chi connectivity index (χ1v) is 8.55. The second-order valence-corrected chi connectivity index (χ2v) is 7.14. The highest BCUT2D eigenvalue weighted by Crippen LogP contribution is 2.46. The molecule has 0 aliphatic carbocycles. The van der Waals surface area contributed by atoms with E-state index >= 15 is 0 Å². The average molecular weight is 309 g/mol. The van der Waals surface area contributed by atoms with Crippen molar-refractivity contribution in [3.8, 4) is 0 Å². The summed E-state index contributed by atoms with van der Waals surface area (Å²) < 4.78 is 5.20. The number of carbonyl (C=O) groups is 1. The summed E-state index contributed by atoms with van der Waals surface area (Å²) in [6, 6.07) is 16.1. The Balaban J connectivity index is 1.84. The number of furan rings is 1. The Morgan fingerprint density at radius 2 is 2.05 bits per heavy atom. The van der Waals surface area contributed by atoms with Crippen molar-refractivity contribution in [2.24, 2.45) is 0 Å². The highest BCUT2D eigenvalue weighted by Gasteiger charge is 2.23. The monoisotopic (exact) mass is 309 g/mol. The molecule has 0 fully saturated rings. The standard InChI is InChI=1S/C18H15NO2S/c1-19-12-22(11-15(20)16-7-4-10-21-16)17-9-8-13-5-2-3-6-14(13)18(17)19/h2-11H,12H2,1H3. The van der Waals surface area contributed by atoms with Crippen LogP contribution in [0.1, 0.15) is 10.6 Å². The van der Waals surface area contributed by atoms with E-state index < -0.39 is 0 Å². The molecule has 110 valence electrons. The van der Waals surface area contributed by atoms with Crippen molar-refractivity contribution in [3.05, 3.63) is 60.6 Å². The van der Waals surface area contributed by atoms with Gasteiger partial charge in [-0.25, -0.2) is 0 Å². The maximum absolute atomic E-state index is 12.3. The van der Waals surface area contributed by atoms with Crippen LogP contribution >= 0.6 is 10.5 Å². The van der Waals surface area contributed by atoms with E-state index in [1.807, 2.05) is 0 Å². The van der Waals surface area contributed by atoms with Crippen molar-refractivity contribution in [1.29, 1.82) is 0 Å². The van der Waals surface area contributed by atoms with E-state index in [0.717, 1.165) is 5.88 Å². The molecule has 4 rings (SSSR count). The topological polar surface area (TPSA) is 33.5 Å². The molecular weight excluding hydrogens is 294 g/mol. The lowest BCUT2D eigenvalue weighted by molar-refractivity contribution is 0.104. The van der Waals surface area contributed by atoms with Gasteiger partial charge in [0.05, 0.1) is 17.8 Å². The van der Waals surface area contributed by atoms with Crippen LogP contribution in [0.3, 0.4) is 0 Å². The van der Waals surface area contributed by atoms with Gasteiger partial charge < -0.3 is 9.32 Å². The van der Waals surface area contributed by atoms with Crippen molar-refractivity contribution >= 4 is 38.1 Å². The van der Waals surface area contributed by atoms with Crippen LogP contribution < -0.4 is 4.90 Å². The van der Waals surface area contributed by atoms with Gasteiger partial charge >= 0.3 is 0 Å². The van der Waals surface area contributed by atoms with Crippen LogP contribution in [-0.4, -0.2) is 24.1 Å². The summed E-state index contributed by atoms with van der Waals surface area (Å²) in [6.45, 7) is 0. The molecule has 1 aliphatic rings. The van der Waals surface area contributed by atoms with Crippen LogP contribution in [0.25, 0.3) is 10.8 Å². The predicted molar refractivity (Wildman–Crippen MR) is 92.2 cm³/mol. The summed E-state index contributed by atoms with van der Waals surface area (Å²) in [5.41, 5.74) is 1.24. The summed E-state index contributed by atoms with van der Waals surface area (Å²) in [6.07, 6.45) is 1.53. The second kappa shape index (κ2) is 5.14. The van der Waals surface area contributed by atoms with Crippen LogP contribution in [0.2, 0.25) is 0 Å². The van der Waals surface area contributed by atoms with Gasteiger partial charge in [0.1, 0.15) is 0 Å². The number of Topliss-reactive ketones (excluding diaryl/α,β-unsaturated/α-hetero) is 1. The Hall–Kier alpha value is -2.33. The third-order valence-corrected chi connectivity index (χ3v) is 5.93. The highest BCUT2D eigenvalue weighted by atomic mass is 32.2. The molecule has 0 spiro atoms. The van der Waals surface area contributed by atoms with Gasteiger partial charge in [0.15, 0.2) is 5.76 Å². The van der Waals surface area contributed by atoms with E-state index in [0.29, 0.717) is 5.76 Å². The number of anilines is 1. The quantitative estimate of drug-likeness (QED) is 0.526. The first-order chi connectivity index (χ1) is 10.7. The molecule has 3 aromatic rings. The maximum atomic E-state index is 12.3. The van der Waals surface area contributed by atoms with E-state index in [-0.39, 0.29) is 16.3 Å². The van der Waals surface area contributed by atoms with Gasteiger partial charge in [0.2, 0.25) is 5.78 Å². The minimum Gasteiger partial charge on any atom is -0.461 e. The van der Waals surface area contributed by atoms with Crippen LogP contribution in [0.5, 0.6) is 0 Å². The molecule has 0 bridgehead atoms. The smallest absolute Gasteiger partial charge is 0.226 e. The molecule has 1 aliphatic heterocycles. The van der Waals surface area contributed by atoms with Crippen molar-refractivity contribution in [2.75, 3.05) is 17.8 Å². The lowest BCUT2D eigenvalue weighted by Gasteiger charge is -2.13. The van der Waals surface area contributed by atoms with Gasteiger partial charge in [0.25, 0.3) is 0 Å². The number of ketones is 1. The molecule has 0 amide bonds. The molecule has 0 N–H and O–H groups in total. The molecule has 0 saturated carbocycles. The third kappa shape index (κ3) is 2.07. The van der Waals surface area contributed by atoms with Crippen molar-refractivity contribution in [2.45, 2.75) is 4.90 Å². The van der Waals surface area contributed by atoms with E-state index in [1.54, 1.807) is 17.5 Å². The molecule has 1 aromatic heterocycles. The fraction of sp³-hybridized carbons (Fsp3) is 0.111. The summed E-state index contributed by atoms with van der Waals surface area (Å²) in [4.78, 5) is 15.8. The Labute approximate surface area is 131 Å². The second-order valence-electron chi connectivity index (χ2n) is 5.35. The number of hydrogen-bond donors (Lipinski definition) is 0. The summed E-state index contributed by atoms with van der Waals surface area (Å²) >= 11 is 0. The minimum absolute atomic E-state index is 0.0391. The molecule has 2 heterocycles. The summed E-state index contributed by atoms with van der Waals surface area (Å²) in [5.74, 6) is 1.21. The number of carbonyl (C=O) groups excluding carboxylic acids is 1. The molecule has 2 aromatic carbocycles. The third-order valence-electron chi connectivity index (χ3n) is 3.87. The van der Waals surface area contributed by atoms with Gasteiger partial charge in [-0.05, 0) is 23.6 Å². The molecule has 1 unspecified atom stereocenters. The summed E-state index contributed by atoms with van der Waals surface area (Å²) in [5, 5.41) is 4.28. The number of fused-ring (bicyclic) bond motifs is 3. The van der Waals surface area contributed by atoms with Crippen LogP contribution in [0, 0.1) is 0 Å². The van der Waals surface area contributed by atoms with Crippen molar-refractivity contribution in [3.63, 3.8) is 0 Å². The lowest BCUT2D eigenvalue weighted by Crippen LogP contribution is -2.12. The van der Waals surface area contributed by atoms with Crippen LogP contribution in [0.4, 0.5) is 5.69 Å². The Morgan fingerprint density at radius 3 is 2.86 bits per heavy atom. The van der Waals surface area contributed by atoms with Gasteiger partial charge in [-0.1, -0.05) is 30.3 Å². The molecule has 22 heavy (non-hydrogen) atoms. The molecule has 0 saturated heterocycles. The van der Waals surface area contributed by atoms with Crippen molar-refractivity contribution < 1.29 is 9.21 Å². The molecular formula is C18H15NO2S. The van der Waals surface area contributed by atoms with Gasteiger partial charge in [-0.2, -0.15) is 0 Å². The molecule has 1 atom stereocenters. The maximum Gasteiger partial charge on any atom is 0.226 e. The largest absolute Gasteiger partial charge is 0.461 e. The SMILES string of the molecule is CN1CS(=CC(=O)c2ccco2)c2ccc3ccccc3c21. The normalized spacial score (nSPS) is 17.1. The van der Waals surface area contributed by atoms with Gasteiger partial charge in [-0.3, -0.25) is 4.79 Å². The molecule has 0 radical (unpaired) electrons. The first-order valence-electron chi connectivity index (χ1n) is 7.09.